The van der Waals surface area contributed by atoms with E-state index in [9.17, 15) is 19.2 Å². The van der Waals surface area contributed by atoms with E-state index in [-0.39, 0.29) is 23.5 Å². The van der Waals surface area contributed by atoms with Crippen molar-refractivity contribution in [2.45, 2.75) is 53.4 Å². The van der Waals surface area contributed by atoms with Crippen LogP contribution >= 0.6 is 0 Å². The van der Waals surface area contributed by atoms with Crippen LogP contribution in [0.5, 0.6) is 0 Å². The third kappa shape index (κ3) is 11.6. The molecular formula is C17H31N3O4. The van der Waals surface area contributed by atoms with Crippen molar-refractivity contribution in [1.29, 1.82) is 0 Å². The molecule has 24 heavy (non-hydrogen) atoms. The van der Waals surface area contributed by atoms with Crippen LogP contribution in [0.3, 0.4) is 0 Å². The molecule has 0 aromatic heterocycles. The summed E-state index contributed by atoms with van der Waals surface area (Å²) in [5, 5.41) is 2.70. The van der Waals surface area contributed by atoms with E-state index in [1.54, 1.807) is 16.7 Å². The fourth-order valence-corrected chi connectivity index (χ4v) is 2.31. The number of carbonyl (C=O) groups excluding carboxylic acids is 4. The Bertz CT molecular complexity index is 398. The minimum Gasteiger partial charge on any atom is -0.356 e. The lowest BCUT2D eigenvalue weighted by molar-refractivity contribution is -0.133. The lowest BCUT2D eigenvalue weighted by atomic mass is 10.2. The Morgan fingerprint density at radius 3 is 1.62 bits per heavy atom. The molecule has 0 unspecified atom stereocenters. The second-order valence-electron chi connectivity index (χ2n) is 6.01. The normalized spacial score (nSPS) is 10.2. The SMILES string of the molecule is CC(=O)CCCCN(CCN(CCCNC(C)=O)C(C)=O)C(C)=O. The number of amides is 3. The highest BCUT2D eigenvalue weighted by Gasteiger charge is 2.13. The molecule has 0 saturated carbocycles. The third-order valence-corrected chi connectivity index (χ3v) is 3.72. The first-order valence-corrected chi connectivity index (χ1v) is 8.49. The van der Waals surface area contributed by atoms with E-state index < -0.39 is 0 Å². The molecular weight excluding hydrogens is 310 g/mol. The number of ketones is 1. The molecule has 0 rings (SSSR count). The summed E-state index contributed by atoms with van der Waals surface area (Å²) in [7, 11) is 0. The lowest BCUT2D eigenvalue weighted by Gasteiger charge is -2.26. The Balaban J connectivity index is 4.24. The molecule has 0 radical (unpaired) electrons. The minimum atomic E-state index is -0.0855. The molecule has 3 amide bonds. The van der Waals surface area contributed by atoms with Crippen molar-refractivity contribution in [2.75, 3.05) is 32.7 Å². The van der Waals surface area contributed by atoms with E-state index in [0.29, 0.717) is 45.6 Å². The second-order valence-corrected chi connectivity index (χ2v) is 6.01. The molecule has 0 aromatic rings. The molecule has 0 atom stereocenters. The van der Waals surface area contributed by atoms with Gasteiger partial charge in [0.15, 0.2) is 0 Å². The Kier molecular flexibility index (Phi) is 11.5. The molecule has 0 aliphatic rings. The Hall–Kier alpha value is -1.92. The number of hydrogen-bond acceptors (Lipinski definition) is 4. The van der Waals surface area contributed by atoms with Gasteiger partial charge < -0.3 is 19.9 Å². The van der Waals surface area contributed by atoms with E-state index >= 15 is 0 Å². The van der Waals surface area contributed by atoms with Crippen LogP contribution < -0.4 is 5.32 Å². The summed E-state index contributed by atoms with van der Waals surface area (Å²) in [5.41, 5.74) is 0. The van der Waals surface area contributed by atoms with Gasteiger partial charge in [-0.25, -0.2) is 0 Å². The van der Waals surface area contributed by atoms with Gasteiger partial charge in [-0.1, -0.05) is 0 Å². The molecule has 0 saturated heterocycles. The third-order valence-electron chi connectivity index (χ3n) is 3.72. The number of carbonyl (C=O) groups is 4. The zero-order chi connectivity index (χ0) is 18.5. The monoisotopic (exact) mass is 341 g/mol. The van der Waals surface area contributed by atoms with Gasteiger partial charge in [0, 0.05) is 59.9 Å². The van der Waals surface area contributed by atoms with Gasteiger partial charge in [0.05, 0.1) is 0 Å². The Labute approximate surface area is 144 Å². The fraction of sp³-hybridized carbons (Fsp3) is 0.765. The van der Waals surface area contributed by atoms with Crippen molar-refractivity contribution in [3.8, 4) is 0 Å². The highest BCUT2D eigenvalue weighted by molar-refractivity contribution is 5.75. The number of unbranched alkanes of at least 4 members (excludes halogenated alkanes) is 1. The molecule has 0 spiro atoms. The van der Waals surface area contributed by atoms with Crippen molar-refractivity contribution >= 4 is 23.5 Å². The lowest BCUT2D eigenvalue weighted by Crippen LogP contribution is -2.41. The summed E-state index contributed by atoms with van der Waals surface area (Å²) < 4.78 is 0. The summed E-state index contributed by atoms with van der Waals surface area (Å²) >= 11 is 0. The van der Waals surface area contributed by atoms with Crippen LogP contribution in [-0.4, -0.2) is 66.0 Å². The van der Waals surface area contributed by atoms with Gasteiger partial charge in [0.1, 0.15) is 5.78 Å². The van der Waals surface area contributed by atoms with E-state index in [2.05, 4.69) is 5.32 Å². The van der Waals surface area contributed by atoms with Gasteiger partial charge in [0.25, 0.3) is 0 Å². The van der Waals surface area contributed by atoms with Crippen molar-refractivity contribution in [3.63, 3.8) is 0 Å². The summed E-state index contributed by atoms with van der Waals surface area (Å²) in [6, 6.07) is 0. The maximum Gasteiger partial charge on any atom is 0.219 e. The summed E-state index contributed by atoms with van der Waals surface area (Å²) in [4.78, 5) is 48.5. The summed E-state index contributed by atoms with van der Waals surface area (Å²) in [5.74, 6) is 0.00136. The number of hydrogen-bond donors (Lipinski definition) is 1. The zero-order valence-corrected chi connectivity index (χ0v) is 15.4. The maximum absolute atomic E-state index is 11.7. The van der Waals surface area contributed by atoms with Crippen LogP contribution in [0, 0.1) is 0 Å². The number of rotatable bonds is 12. The van der Waals surface area contributed by atoms with Crippen LogP contribution in [0.1, 0.15) is 53.4 Å². The van der Waals surface area contributed by atoms with Crippen molar-refractivity contribution in [1.82, 2.24) is 15.1 Å². The molecule has 7 heteroatoms. The quantitative estimate of drug-likeness (QED) is 0.536. The average Bonchev–Trinajstić information content (AvgIpc) is 2.46. The number of nitrogens with one attached hydrogen (secondary N) is 1. The number of Topliss-reactive ketones (excluding diaryl/α,β-unsaturated/α-hetero) is 1. The molecule has 0 bridgehead atoms. The van der Waals surface area contributed by atoms with Gasteiger partial charge in [-0.15, -0.1) is 0 Å². The summed E-state index contributed by atoms with van der Waals surface area (Å²) in [6.07, 6.45) is 2.76. The van der Waals surface area contributed by atoms with Crippen LogP contribution in [-0.2, 0) is 19.2 Å². The van der Waals surface area contributed by atoms with Crippen molar-refractivity contribution in [3.05, 3.63) is 0 Å². The molecule has 7 nitrogen and oxygen atoms in total. The van der Waals surface area contributed by atoms with E-state index in [1.807, 2.05) is 0 Å². The highest BCUT2D eigenvalue weighted by atomic mass is 16.2. The summed E-state index contributed by atoms with van der Waals surface area (Å²) in [6.45, 7) is 8.67. The maximum atomic E-state index is 11.7. The zero-order valence-electron chi connectivity index (χ0n) is 15.4. The van der Waals surface area contributed by atoms with Crippen LogP contribution in [0.2, 0.25) is 0 Å². The largest absolute Gasteiger partial charge is 0.356 e. The van der Waals surface area contributed by atoms with Crippen molar-refractivity contribution in [2.24, 2.45) is 0 Å². The van der Waals surface area contributed by atoms with Crippen LogP contribution in [0.4, 0.5) is 0 Å². The van der Waals surface area contributed by atoms with Gasteiger partial charge in [-0.2, -0.15) is 0 Å². The Morgan fingerprint density at radius 2 is 1.21 bits per heavy atom. The first kappa shape index (κ1) is 22.1. The molecule has 0 aliphatic carbocycles. The fourth-order valence-electron chi connectivity index (χ4n) is 2.31. The minimum absolute atomic E-state index is 0.0282. The van der Waals surface area contributed by atoms with Gasteiger partial charge >= 0.3 is 0 Å². The molecule has 0 fully saturated rings. The molecule has 0 heterocycles. The van der Waals surface area contributed by atoms with Crippen molar-refractivity contribution < 1.29 is 19.2 Å². The predicted molar refractivity (Wildman–Crippen MR) is 92.3 cm³/mol. The topological polar surface area (TPSA) is 86.8 Å². The van der Waals surface area contributed by atoms with Gasteiger partial charge in [-0.05, 0) is 26.2 Å². The smallest absolute Gasteiger partial charge is 0.219 e. The van der Waals surface area contributed by atoms with Crippen LogP contribution in [0.25, 0.3) is 0 Å². The first-order valence-electron chi connectivity index (χ1n) is 8.49. The van der Waals surface area contributed by atoms with Crippen LogP contribution in [0.15, 0.2) is 0 Å². The molecule has 138 valence electrons. The van der Waals surface area contributed by atoms with E-state index in [4.69, 9.17) is 0 Å². The standard InChI is InChI=1S/C17H31N3O4/c1-14(21)8-5-6-10-19(16(3)23)12-13-20(17(4)24)11-7-9-18-15(2)22/h5-13H2,1-4H3,(H,18,22). The average molecular weight is 341 g/mol. The molecule has 0 aromatic carbocycles. The van der Waals surface area contributed by atoms with Gasteiger partial charge in [-0.3, -0.25) is 14.4 Å². The van der Waals surface area contributed by atoms with E-state index in [0.717, 1.165) is 12.8 Å². The molecule has 1 N–H and O–H groups in total. The predicted octanol–water partition coefficient (Wildman–Crippen LogP) is 0.969. The second kappa shape index (κ2) is 12.5. The number of nitrogens with zero attached hydrogens (tertiary/aromatic N) is 2. The Morgan fingerprint density at radius 1 is 0.708 bits per heavy atom. The van der Waals surface area contributed by atoms with E-state index in [1.165, 1.54) is 20.8 Å². The first-order chi connectivity index (χ1) is 11.2. The molecule has 0 aliphatic heterocycles. The highest BCUT2D eigenvalue weighted by Crippen LogP contribution is 2.02. The van der Waals surface area contributed by atoms with Gasteiger partial charge in [0.2, 0.25) is 17.7 Å².